The number of likely N-dealkylation sites (tertiary alicyclic amines) is 1. The van der Waals surface area contributed by atoms with Crippen LogP contribution >= 0.6 is 0 Å². The van der Waals surface area contributed by atoms with Crippen molar-refractivity contribution >= 4 is 5.52 Å². The van der Waals surface area contributed by atoms with Crippen LogP contribution in [0, 0.1) is 17.8 Å². The summed E-state index contributed by atoms with van der Waals surface area (Å²) in [4.78, 5) is 18.2. The number of hydrogen-bond donors (Lipinski definition) is 2. The first-order valence-electron chi connectivity index (χ1n) is 15.0. The molecule has 2 N–H and O–H groups in total. The summed E-state index contributed by atoms with van der Waals surface area (Å²) in [6, 6.07) is 1.15. The minimum Gasteiger partial charge on any atom is -0.381 e. The molecule has 2 saturated carbocycles. The first kappa shape index (κ1) is 28.2. The minimum atomic E-state index is -4.54. The number of methoxy groups -OCH3 is 1. The normalized spacial score (nSPS) is 28.8. The van der Waals surface area contributed by atoms with Crippen molar-refractivity contribution in [2.75, 3.05) is 33.9 Å². The number of rotatable bonds is 7. The maximum Gasteiger partial charge on any atom is 0.418 e. The Bertz CT molecular complexity index is 1230. The van der Waals surface area contributed by atoms with Crippen LogP contribution in [0.15, 0.2) is 23.3 Å². The van der Waals surface area contributed by atoms with Gasteiger partial charge in [0.15, 0.2) is 0 Å². The maximum atomic E-state index is 14.3. The lowest BCUT2D eigenvalue weighted by molar-refractivity contribution is -0.136. The largest absolute Gasteiger partial charge is 0.418 e. The van der Waals surface area contributed by atoms with Crippen LogP contribution in [0.4, 0.5) is 13.2 Å². The Kier molecular flexibility index (Phi) is 8.04. The second-order valence-electron chi connectivity index (χ2n) is 12.6. The van der Waals surface area contributed by atoms with Crippen molar-refractivity contribution in [3.05, 3.63) is 40.1 Å². The summed E-state index contributed by atoms with van der Waals surface area (Å²) < 4.78 is 51.2. The summed E-state index contributed by atoms with van der Waals surface area (Å²) in [5.74, 6) is 1.54. The number of halogens is 3. The van der Waals surface area contributed by atoms with Crippen molar-refractivity contribution < 1.29 is 17.9 Å². The number of ether oxygens (including phenoxy) is 1. The van der Waals surface area contributed by atoms with E-state index in [9.17, 15) is 18.0 Å². The molecule has 2 saturated heterocycles. The van der Waals surface area contributed by atoms with E-state index in [2.05, 4.69) is 27.7 Å². The van der Waals surface area contributed by atoms with Gasteiger partial charge in [0, 0.05) is 45.2 Å². The molecular formula is C29H43F3N6O2. The third kappa shape index (κ3) is 5.47. The fourth-order valence-corrected chi connectivity index (χ4v) is 7.80. The van der Waals surface area contributed by atoms with E-state index in [4.69, 9.17) is 4.74 Å². The Balaban J connectivity index is 1.28. The van der Waals surface area contributed by atoms with Crippen molar-refractivity contribution in [1.29, 1.82) is 0 Å². The zero-order valence-electron chi connectivity index (χ0n) is 23.6. The lowest BCUT2D eigenvalue weighted by Gasteiger charge is -2.46. The highest BCUT2D eigenvalue weighted by atomic mass is 19.4. The highest BCUT2D eigenvalue weighted by Gasteiger charge is 2.44. The van der Waals surface area contributed by atoms with Gasteiger partial charge < -0.3 is 4.74 Å². The first-order chi connectivity index (χ1) is 19.2. The van der Waals surface area contributed by atoms with Crippen molar-refractivity contribution in [3.63, 3.8) is 0 Å². The molecule has 4 atom stereocenters. The Morgan fingerprint density at radius 1 is 1.05 bits per heavy atom. The number of hydrazine groups is 1. The molecule has 40 heavy (non-hydrogen) atoms. The standard InChI is InChI=1S/C29H43F3N6O2/c1-35-18-33-34-27(35)26(20-5-3-6-20)21-7-4-8-22(14-21)37-17-25-24(29(30,31)32)13-19(16-38(25)28(37)39)15-36-11-9-23(40-2)10-12-36/h13,16-17,20-23,26-27,33-34H,3-12,14-15,18H2,1-2H3/t21?,22?,26-,27?/m0/s1. The molecule has 4 aliphatic rings. The van der Waals surface area contributed by atoms with Crippen molar-refractivity contribution in [1.82, 2.24) is 29.6 Å². The van der Waals surface area contributed by atoms with Gasteiger partial charge in [-0.1, -0.05) is 25.7 Å². The number of pyridine rings is 1. The number of hydrogen-bond acceptors (Lipinski definition) is 6. The monoisotopic (exact) mass is 564 g/mol. The van der Waals surface area contributed by atoms with Crippen LogP contribution in [0.1, 0.15) is 75.0 Å². The smallest absolute Gasteiger partial charge is 0.381 e. The molecule has 0 aromatic carbocycles. The lowest BCUT2D eigenvalue weighted by Crippen LogP contribution is -2.50. The summed E-state index contributed by atoms with van der Waals surface area (Å²) in [7, 11) is 3.83. The predicted octanol–water partition coefficient (Wildman–Crippen LogP) is 4.20. The van der Waals surface area contributed by atoms with E-state index in [0.29, 0.717) is 29.9 Å². The van der Waals surface area contributed by atoms with Gasteiger partial charge in [-0.2, -0.15) is 13.2 Å². The van der Waals surface area contributed by atoms with Crippen molar-refractivity contribution in [2.24, 2.45) is 17.8 Å². The van der Waals surface area contributed by atoms with Gasteiger partial charge in [0.2, 0.25) is 0 Å². The van der Waals surface area contributed by atoms with Gasteiger partial charge in [-0.05, 0) is 68.5 Å². The summed E-state index contributed by atoms with van der Waals surface area (Å²) in [6.45, 7) is 2.71. The minimum absolute atomic E-state index is 0.0431. The number of imidazole rings is 1. The molecule has 0 spiro atoms. The molecule has 0 radical (unpaired) electrons. The van der Waals surface area contributed by atoms with E-state index < -0.39 is 11.7 Å². The summed E-state index contributed by atoms with van der Waals surface area (Å²) in [5.41, 5.74) is 6.14. The van der Waals surface area contributed by atoms with E-state index in [-0.39, 0.29) is 29.5 Å². The SMILES string of the molecule is COC1CCN(Cc2cc(C(F)(F)F)c3cn(C4CCCC([C@H](C5CCC5)C5NNCN5C)C4)c(=O)n3c2)CC1. The predicted molar refractivity (Wildman–Crippen MR) is 146 cm³/mol. The molecule has 222 valence electrons. The van der Waals surface area contributed by atoms with Crippen LogP contribution in [-0.4, -0.2) is 65.0 Å². The van der Waals surface area contributed by atoms with Crippen LogP contribution in [0.2, 0.25) is 0 Å². The van der Waals surface area contributed by atoms with Gasteiger partial charge in [-0.15, -0.1) is 0 Å². The van der Waals surface area contributed by atoms with Crippen LogP contribution in [0.25, 0.3) is 5.52 Å². The summed E-state index contributed by atoms with van der Waals surface area (Å²) >= 11 is 0. The molecule has 6 rings (SSSR count). The molecule has 4 fully saturated rings. The molecule has 2 aromatic heterocycles. The molecular weight excluding hydrogens is 521 g/mol. The quantitative estimate of drug-likeness (QED) is 0.526. The van der Waals surface area contributed by atoms with Gasteiger partial charge in [0.1, 0.15) is 0 Å². The van der Waals surface area contributed by atoms with E-state index in [1.165, 1.54) is 35.9 Å². The highest BCUT2D eigenvalue weighted by Crippen LogP contribution is 2.47. The van der Waals surface area contributed by atoms with Gasteiger partial charge in [-0.3, -0.25) is 18.8 Å². The number of alkyl halides is 3. The molecule has 2 aliphatic carbocycles. The maximum absolute atomic E-state index is 14.3. The zero-order valence-corrected chi connectivity index (χ0v) is 23.6. The van der Waals surface area contributed by atoms with E-state index in [1.54, 1.807) is 17.9 Å². The fourth-order valence-electron chi connectivity index (χ4n) is 7.80. The Morgan fingerprint density at radius 3 is 2.40 bits per heavy atom. The van der Waals surface area contributed by atoms with Gasteiger partial charge in [-0.25, -0.2) is 15.6 Å². The lowest BCUT2D eigenvalue weighted by atomic mass is 9.65. The van der Waals surface area contributed by atoms with Gasteiger partial charge in [0.25, 0.3) is 0 Å². The highest BCUT2D eigenvalue weighted by molar-refractivity contribution is 5.56. The number of piperidine rings is 1. The number of nitrogens with zero attached hydrogens (tertiary/aromatic N) is 4. The van der Waals surface area contributed by atoms with Crippen molar-refractivity contribution in [2.45, 2.75) is 88.8 Å². The zero-order chi connectivity index (χ0) is 28.0. The van der Waals surface area contributed by atoms with Crippen LogP contribution < -0.4 is 16.5 Å². The second-order valence-corrected chi connectivity index (χ2v) is 12.6. The molecule has 2 aromatic rings. The molecule has 8 nitrogen and oxygen atoms in total. The van der Waals surface area contributed by atoms with E-state index in [0.717, 1.165) is 58.3 Å². The molecule has 0 amide bonds. The van der Waals surface area contributed by atoms with E-state index >= 15 is 0 Å². The van der Waals surface area contributed by atoms with E-state index in [1.807, 2.05) is 0 Å². The average molecular weight is 565 g/mol. The number of fused-ring (bicyclic) bond motifs is 1. The molecule has 11 heteroatoms. The summed E-state index contributed by atoms with van der Waals surface area (Å²) in [5, 5.41) is 0. The third-order valence-corrected chi connectivity index (χ3v) is 10.2. The Hall–Kier alpha value is -1.92. The molecule has 2 aliphatic heterocycles. The molecule has 4 heterocycles. The average Bonchev–Trinajstić information content (AvgIpc) is 3.48. The Labute approximate surface area is 233 Å². The molecule has 0 bridgehead atoms. The number of aromatic nitrogens is 2. The van der Waals surface area contributed by atoms with Crippen LogP contribution in [-0.2, 0) is 17.5 Å². The Morgan fingerprint density at radius 2 is 1.77 bits per heavy atom. The van der Waals surface area contributed by atoms with Gasteiger partial charge in [0.05, 0.1) is 30.0 Å². The summed E-state index contributed by atoms with van der Waals surface area (Å²) in [6.07, 6.45) is 8.17. The topological polar surface area (TPSA) is 66.2 Å². The first-order valence-corrected chi connectivity index (χ1v) is 15.0. The fraction of sp³-hybridized carbons (Fsp3) is 0.759. The van der Waals surface area contributed by atoms with Crippen LogP contribution in [0.5, 0.6) is 0 Å². The second kappa shape index (κ2) is 11.4. The third-order valence-electron chi connectivity index (χ3n) is 10.2. The van der Waals surface area contributed by atoms with Gasteiger partial charge >= 0.3 is 11.9 Å². The van der Waals surface area contributed by atoms with Crippen LogP contribution in [0.3, 0.4) is 0 Å². The number of nitrogens with one attached hydrogen (secondary N) is 2. The van der Waals surface area contributed by atoms with Crippen molar-refractivity contribution in [3.8, 4) is 0 Å². The molecule has 3 unspecified atom stereocenters.